The largest absolute Gasteiger partial charge is 0.508 e. The van der Waals surface area contributed by atoms with E-state index in [-0.39, 0.29) is 17.5 Å². The van der Waals surface area contributed by atoms with Gasteiger partial charge < -0.3 is 21.3 Å². The molecule has 19 heavy (non-hydrogen) atoms. The first-order chi connectivity index (χ1) is 9.01. The minimum atomic E-state index is 0.0995. The van der Waals surface area contributed by atoms with Crippen LogP contribution < -0.4 is 16.2 Å². The molecule has 2 rings (SSSR count). The molecule has 0 spiro atoms. The van der Waals surface area contributed by atoms with Crippen molar-refractivity contribution in [1.82, 2.24) is 9.97 Å². The van der Waals surface area contributed by atoms with Crippen LogP contribution in [0, 0.1) is 6.92 Å². The molecule has 5 N–H and O–H groups in total. The number of hydrogen-bond acceptors (Lipinski definition) is 6. The number of benzene rings is 1. The summed E-state index contributed by atoms with van der Waals surface area (Å²) in [7, 11) is 0. The first-order valence-corrected chi connectivity index (χ1v) is 5.89. The molecule has 0 saturated carbocycles. The fourth-order valence-corrected chi connectivity index (χ4v) is 1.68. The minimum absolute atomic E-state index is 0.0995. The number of phenolic OH excluding ortho intramolecular Hbond substituents is 1. The van der Waals surface area contributed by atoms with Crippen LogP contribution in [0.3, 0.4) is 0 Å². The Labute approximate surface area is 111 Å². The Morgan fingerprint density at radius 2 is 2.00 bits per heavy atom. The molecule has 0 saturated heterocycles. The van der Waals surface area contributed by atoms with Crippen LogP contribution in [0.15, 0.2) is 18.3 Å². The zero-order valence-corrected chi connectivity index (χ0v) is 10.8. The fraction of sp³-hybridized carbons (Fsp3) is 0.231. The number of aromatic nitrogens is 2. The Hall–Kier alpha value is -2.50. The van der Waals surface area contributed by atoms with Crippen molar-refractivity contribution in [2.75, 3.05) is 11.5 Å². The first kappa shape index (κ1) is 12.9. The lowest BCUT2D eigenvalue weighted by Crippen LogP contribution is -2.02. The SMILES string of the molecule is CCc1cc(O)c(C)cc1Oc1cnc(N)nc1N. The van der Waals surface area contributed by atoms with Gasteiger partial charge in [0.15, 0.2) is 11.6 Å². The van der Waals surface area contributed by atoms with Crippen molar-refractivity contribution in [3.05, 3.63) is 29.5 Å². The molecule has 6 heteroatoms. The predicted octanol–water partition coefficient (Wildman–Crippen LogP) is 2.01. The Bertz CT molecular complexity index is 614. The van der Waals surface area contributed by atoms with Gasteiger partial charge in [0, 0.05) is 0 Å². The third-order valence-corrected chi connectivity index (χ3v) is 2.78. The van der Waals surface area contributed by atoms with Gasteiger partial charge in [0.1, 0.15) is 11.5 Å². The van der Waals surface area contributed by atoms with Gasteiger partial charge in [0.2, 0.25) is 5.95 Å². The number of ether oxygens (including phenoxy) is 1. The van der Waals surface area contributed by atoms with Gasteiger partial charge in [-0.3, -0.25) is 0 Å². The highest BCUT2D eigenvalue weighted by Gasteiger charge is 2.11. The van der Waals surface area contributed by atoms with Crippen LogP contribution in [0.2, 0.25) is 0 Å². The average Bonchev–Trinajstić information content (AvgIpc) is 2.36. The molecule has 6 nitrogen and oxygen atoms in total. The molecule has 0 atom stereocenters. The van der Waals surface area contributed by atoms with Crippen LogP contribution in [0.25, 0.3) is 0 Å². The number of aromatic hydroxyl groups is 1. The van der Waals surface area contributed by atoms with Gasteiger partial charge in [-0.15, -0.1) is 0 Å². The van der Waals surface area contributed by atoms with Crippen molar-refractivity contribution < 1.29 is 9.84 Å². The quantitative estimate of drug-likeness (QED) is 0.779. The summed E-state index contributed by atoms with van der Waals surface area (Å²) in [5.74, 6) is 1.49. The Kier molecular flexibility index (Phi) is 3.41. The second kappa shape index (κ2) is 5.01. The highest BCUT2D eigenvalue weighted by molar-refractivity contribution is 5.52. The highest BCUT2D eigenvalue weighted by Crippen LogP contribution is 2.33. The van der Waals surface area contributed by atoms with Crippen molar-refractivity contribution in [3.8, 4) is 17.2 Å². The standard InChI is InChI=1S/C13H16N4O2/c1-3-8-5-9(18)7(2)4-10(8)19-11-6-16-13(15)17-12(11)14/h4-6,18H,3H2,1-2H3,(H4,14,15,16,17). The Morgan fingerprint density at radius 3 is 2.63 bits per heavy atom. The molecule has 0 bridgehead atoms. The molecule has 1 aromatic heterocycles. The molecule has 0 aliphatic carbocycles. The van der Waals surface area contributed by atoms with Crippen LogP contribution in [0.5, 0.6) is 17.2 Å². The van der Waals surface area contributed by atoms with Crippen molar-refractivity contribution in [2.45, 2.75) is 20.3 Å². The van der Waals surface area contributed by atoms with Crippen LogP contribution in [0.4, 0.5) is 11.8 Å². The number of nitrogens with zero attached hydrogens (tertiary/aromatic N) is 2. The summed E-state index contributed by atoms with van der Waals surface area (Å²) < 4.78 is 5.71. The van der Waals surface area contributed by atoms with Crippen LogP contribution in [0.1, 0.15) is 18.1 Å². The van der Waals surface area contributed by atoms with Crippen molar-refractivity contribution in [3.63, 3.8) is 0 Å². The molecule has 0 aliphatic rings. The number of nitrogens with two attached hydrogens (primary N) is 2. The van der Waals surface area contributed by atoms with E-state index < -0.39 is 0 Å². The van der Waals surface area contributed by atoms with Crippen LogP contribution >= 0.6 is 0 Å². The zero-order valence-electron chi connectivity index (χ0n) is 10.8. The number of rotatable bonds is 3. The van der Waals surface area contributed by atoms with Crippen LogP contribution in [-0.2, 0) is 6.42 Å². The Balaban J connectivity index is 2.40. The van der Waals surface area contributed by atoms with E-state index in [1.54, 1.807) is 19.1 Å². The Morgan fingerprint density at radius 1 is 1.26 bits per heavy atom. The molecule has 0 unspecified atom stereocenters. The maximum atomic E-state index is 9.69. The second-order valence-electron chi connectivity index (χ2n) is 4.18. The molecule has 1 heterocycles. The minimum Gasteiger partial charge on any atom is -0.508 e. The molecule has 1 aromatic carbocycles. The van der Waals surface area contributed by atoms with E-state index in [4.69, 9.17) is 16.2 Å². The van der Waals surface area contributed by atoms with Gasteiger partial charge in [0.25, 0.3) is 0 Å². The molecule has 2 aromatic rings. The van der Waals surface area contributed by atoms with E-state index in [9.17, 15) is 5.11 Å². The number of anilines is 2. The van der Waals surface area contributed by atoms with E-state index in [0.29, 0.717) is 11.5 Å². The van der Waals surface area contributed by atoms with E-state index in [2.05, 4.69) is 9.97 Å². The molecule has 100 valence electrons. The smallest absolute Gasteiger partial charge is 0.222 e. The normalized spacial score (nSPS) is 10.4. The van der Waals surface area contributed by atoms with Gasteiger partial charge in [0.05, 0.1) is 6.20 Å². The lowest BCUT2D eigenvalue weighted by Gasteiger charge is -2.13. The summed E-state index contributed by atoms with van der Waals surface area (Å²) in [5.41, 5.74) is 12.8. The summed E-state index contributed by atoms with van der Waals surface area (Å²) >= 11 is 0. The van der Waals surface area contributed by atoms with Crippen molar-refractivity contribution >= 4 is 11.8 Å². The predicted molar refractivity (Wildman–Crippen MR) is 73.2 cm³/mol. The summed E-state index contributed by atoms with van der Waals surface area (Å²) in [4.78, 5) is 7.68. The van der Waals surface area contributed by atoms with Gasteiger partial charge in [-0.25, -0.2) is 4.98 Å². The number of nitrogen functional groups attached to an aromatic ring is 2. The third kappa shape index (κ3) is 2.67. The van der Waals surface area contributed by atoms with E-state index >= 15 is 0 Å². The maximum absolute atomic E-state index is 9.69. The first-order valence-electron chi connectivity index (χ1n) is 5.89. The fourth-order valence-electron chi connectivity index (χ4n) is 1.68. The maximum Gasteiger partial charge on any atom is 0.222 e. The van der Waals surface area contributed by atoms with Crippen molar-refractivity contribution in [2.24, 2.45) is 0 Å². The van der Waals surface area contributed by atoms with Gasteiger partial charge in [-0.05, 0) is 36.6 Å². The molecular formula is C13H16N4O2. The number of hydrogen-bond donors (Lipinski definition) is 3. The zero-order chi connectivity index (χ0) is 14.0. The van der Waals surface area contributed by atoms with Gasteiger partial charge >= 0.3 is 0 Å². The van der Waals surface area contributed by atoms with Crippen molar-refractivity contribution in [1.29, 1.82) is 0 Å². The van der Waals surface area contributed by atoms with Gasteiger partial charge in [-0.1, -0.05) is 6.92 Å². The summed E-state index contributed by atoms with van der Waals surface area (Å²) in [6.07, 6.45) is 2.15. The lowest BCUT2D eigenvalue weighted by molar-refractivity contribution is 0.455. The third-order valence-electron chi connectivity index (χ3n) is 2.78. The average molecular weight is 260 g/mol. The lowest BCUT2D eigenvalue weighted by atomic mass is 10.1. The van der Waals surface area contributed by atoms with E-state index in [1.807, 2.05) is 6.92 Å². The summed E-state index contributed by atoms with van der Waals surface area (Å²) in [5, 5.41) is 9.69. The summed E-state index contributed by atoms with van der Waals surface area (Å²) in [6, 6.07) is 3.43. The number of phenols is 1. The summed E-state index contributed by atoms with van der Waals surface area (Å²) in [6.45, 7) is 3.77. The molecule has 0 aliphatic heterocycles. The van der Waals surface area contributed by atoms with Gasteiger partial charge in [-0.2, -0.15) is 4.98 Å². The molecule has 0 radical (unpaired) electrons. The number of aryl methyl sites for hydroxylation is 2. The molecule has 0 fully saturated rings. The van der Waals surface area contributed by atoms with E-state index in [0.717, 1.165) is 17.5 Å². The topological polar surface area (TPSA) is 107 Å². The van der Waals surface area contributed by atoms with E-state index in [1.165, 1.54) is 6.20 Å². The monoisotopic (exact) mass is 260 g/mol. The molecule has 0 amide bonds. The molecular weight excluding hydrogens is 244 g/mol. The highest BCUT2D eigenvalue weighted by atomic mass is 16.5. The second-order valence-corrected chi connectivity index (χ2v) is 4.18. The van der Waals surface area contributed by atoms with Crippen LogP contribution in [-0.4, -0.2) is 15.1 Å².